The molecule has 2 heterocycles. The Morgan fingerprint density at radius 2 is 2.26 bits per heavy atom. The van der Waals surface area contributed by atoms with Crippen LogP contribution in [0.4, 0.5) is 0 Å². The van der Waals surface area contributed by atoms with Gasteiger partial charge < -0.3 is 9.55 Å². The van der Waals surface area contributed by atoms with Crippen molar-refractivity contribution in [1.29, 1.82) is 0 Å². The topological polar surface area (TPSA) is 51.4 Å². The molecule has 0 unspecified atom stereocenters. The van der Waals surface area contributed by atoms with Crippen LogP contribution < -0.4 is 0 Å². The highest BCUT2D eigenvalue weighted by molar-refractivity contribution is 7.71. The number of rotatable bonds is 3. The summed E-state index contributed by atoms with van der Waals surface area (Å²) in [6.45, 7) is 0.725. The van der Waals surface area contributed by atoms with Gasteiger partial charge in [-0.05, 0) is 24.4 Å². The summed E-state index contributed by atoms with van der Waals surface area (Å²) in [5, 5.41) is 4.94. The zero-order valence-electron chi connectivity index (χ0n) is 10.3. The molecule has 0 spiro atoms. The number of imidazole rings is 1. The minimum Gasteiger partial charge on any atom is -0.329 e. The number of nitrogens with zero attached hydrogens (tertiary/aromatic N) is 4. The minimum atomic E-state index is 0.666. The van der Waals surface area contributed by atoms with Crippen LogP contribution in [0, 0.1) is 4.77 Å². The van der Waals surface area contributed by atoms with Gasteiger partial charge in [-0.2, -0.15) is 5.10 Å². The second-order valence-electron chi connectivity index (χ2n) is 4.30. The number of fused-ring (bicyclic) bond motifs is 1. The Bertz CT molecular complexity index is 785. The molecule has 0 saturated heterocycles. The average Bonchev–Trinajstić information content (AvgIpc) is 2.92. The van der Waals surface area contributed by atoms with Gasteiger partial charge >= 0.3 is 0 Å². The van der Waals surface area contributed by atoms with Crippen molar-refractivity contribution in [2.24, 2.45) is 7.05 Å². The van der Waals surface area contributed by atoms with E-state index in [1.165, 1.54) is 0 Å². The maximum atomic E-state index is 6.14. The summed E-state index contributed by atoms with van der Waals surface area (Å²) >= 11 is 11.5. The molecule has 0 fully saturated rings. The number of para-hydroxylation sites is 1. The summed E-state index contributed by atoms with van der Waals surface area (Å²) in [5.41, 5.74) is 1.89. The molecule has 5 nitrogen and oxygen atoms in total. The third-order valence-electron chi connectivity index (χ3n) is 2.97. The molecule has 19 heavy (non-hydrogen) atoms. The molecule has 3 rings (SSSR count). The van der Waals surface area contributed by atoms with Gasteiger partial charge in [-0.25, -0.2) is 4.98 Å². The first-order chi connectivity index (χ1) is 9.15. The van der Waals surface area contributed by atoms with Gasteiger partial charge in [0.25, 0.3) is 0 Å². The zero-order valence-corrected chi connectivity index (χ0v) is 11.9. The Morgan fingerprint density at radius 1 is 1.42 bits per heavy atom. The first-order valence-electron chi connectivity index (χ1n) is 5.86. The summed E-state index contributed by atoms with van der Waals surface area (Å²) in [6.07, 6.45) is 2.43. The molecule has 0 aliphatic heterocycles. The van der Waals surface area contributed by atoms with Crippen LogP contribution in [0.15, 0.2) is 24.5 Å². The molecule has 0 aliphatic carbocycles. The normalized spacial score (nSPS) is 11.3. The van der Waals surface area contributed by atoms with Crippen molar-refractivity contribution in [2.75, 3.05) is 0 Å². The fraction of sp³-hybridized carbons (Fsp3) is 0.250. The highest BCUT2D eigenvalue weighted by Gasteiger charge is 2.08. The first kappa shape index (κ1) is 12.4. The summed E-state index contributed by atoms with van der Waals surface area (Å²) in [7, 11) is 1.85. The molecule has 0 radical (unpaired) electrons. The Balaban J connectivity index is 1.95. The van der Waals surface area contributed by atoms with Crippen molar-refractivity contribution in [2.45, 2.75) is 13.0 Å². The minimum absolute atomic E-state index is 0.666. The Kier molecular flexibility index (Phi) is 3.12. The lowest BCUT2D eigenvalue weighted by Gasteiger charge is -2.02. The van der Waals surface area contributed by atoms with Gasteiger partial charge in [0.1, 0.15) is 6.33 Å². The number of hydrogen-bond acceptors (Lipinski definition) is 3. The predicted molar refractivity (Wildman–Crippen MR) is 76.8 cm³/mol. The fourth-order valence-electron chi connectivity index (χ4n) is 2.08. The molecule has 0 amide bonds. The van der Waals surface area contributed by atoms with Crippen molar-refractivity contribution in [1.82, 2.24) is 24.3 Å². The predicted octanol–water partition coefficient (Wildman–Crippen LogP) is 2.72. The second kappa shape index (κ2) is 4.79. The second-order valence-corrected chi connectivity index (χ2v) is 5.09. The van der Waals surface area contributed by atoms with Crippen molar-refractivity contribution in [3.63, 3.8) is 0 Å². The lowest BCUT2D eigenvalue weighted by Crippen LogP contribution is -2.03. The number of aromatic nitrogens is 5. The van der Waals surface area contributed by atoms with Gasteiger partial charge in [-0.1, -0.05) is 17.7 Å². The molecular formula is C12H12ClN5S. The third kappa shape index (κ3) is 2.29. The van der Waals surface area contributed by atoms with Gasteiger partial charge in [-0.3, -0.25) is 4.68 Å². The van der Waals surface area contributed by atoms with E-state index in [0.717, 1.165) is 29.8 Å². The van der Waals surface area contributed by atoms with Crippen LogP contribution in [-0.4, -0.2) is 24.3 Å². The lowest BCUT2D eigenvalue weighted by atomic mass is 10.3. The smallest absolute Gasteiger partial charge is 0.178 e. The molecule has 0 atom stereocenters. The zero-order chi connectivity index (χ0) is 13.4. The van der Waals surface area contributed by atoms with E-state index in [0.29, 0.717) is 9.79 Å². The van der Waals surface area contributed by atoms with E-state index in [4.69, 9.17) is 23.8 Å². The van der Waals surface area contributed by atoms with Gasteiger partial charge in [0.05, 0.1) is 16.1 Å². The van der Waals surface area contributed by atoms with Crippen molar-refractivity contribution in [3.05, 3.63) is 40.1 Å². The van der Waals surface area contributed by atoms with E-state index in [1.807, 2.05) is 29.8 Å². The Hall–Kier alpha value is -1.66. The molecule has 0 saturated carbocycles. The van der Waals surface area contributed by atoms with Crippen LogP contribution in [0.25, 0.3) is 11.0 Å². The fourth-order valence-corrected chi connectivity index (χ4v) is 2.59. The number of hydrogen-bond donors (Lipinski definition) is 1. The van der Waals surface area contributed by atoms with E-state index < -0.39 is 0 Å². The monoisotopic (exact) mass is 293 g/mol. The number of aromatic amines is 1. The lowest BCUT2D eigenvalue weighted by molar-refractivity contribution is 0.666. The standard InChI is InChI=1S/C12H12ClN5S/c1-17-7-14-10(16-17)5-6-18-9-4-2-3-8(13)11(9)15-12(18)19/h2-4,7H,5-6H2,1H3,(H,15,19). The van der Waals surface area contributed by atoms with Crippen LogP contribution in [0.1, 0.15) is 5.82 Å². The molecule has 0 aliphatic rings. The van der Waals surface area contributed by atoms with Gasteiger partial charge in [0.15, 0.2) is 10.6 Å². The molecular weight excluding hydrogens is 282 g/mol. The summed E-state index contributed by atoms with van der Waals surface area (Å²) in [6, 6.07) is 5.77. The quantitative estimate of drug-likeness (QED) is 0.756. The number of benzene rings is 1. The van der Waals surface area contributed by atoms with Crippen molar-refractivity contribution < 1.29 is 0 Å². The third-order valence-corrected chi connectivity index (χ3v) is 3.60. The first-order valence-corrected chi connectivity index (χ1v) is 6.65. The van der Waals surface area contributed by atoms with Crippen LogP contribution in [0.5, 0.6) is 0 Å². The molecule has 0 bridgehead atoms. The van der Waals surface area contributed by atoms with E-state index in [-0.39, 0.29) is 0 Å². The molecule has 1 N–H and O–H groups in total. The summed E-state index contributed by atoms with van der Waals surface area (Å²) in [4.78, 5) is 7.35. The summed E-state index contributed by atoms with van der Waals surface area (Å²) in [5.74, 6) is 0.806. The van der Waals surface area contributed by atoms with Crippen molar-refractivity contribution >= 4 is 34.9 Å². The highest BCUT2D eigenvalue weighted by atomic mass is 35.5. The molecule has 3 aromatic rings. The summed E-state index contributed by atoms with van der Waals surface area (Å²) < 4.78 is 4.38. The molecule has 2 aromatic heterocycles. The Labute approximate surface area is 119 Å². The number of halogens is 1. The van der Waals surface area contributed by atoms with Gasteiger partial charge in [-0.15, -0.1) is 0 Å². The van der Waals surface area contributed by atoms with Crippen LogP contribution >= 0.6 is 23.8 Å². The maximum absolute atomic E-state index is 6.14. The number of H-pyrrole nitrogens is 1. The number of nitrogens with one attached hydrogen (secondary N) is 1. The number of aryl methyl sites for hydroxylation is 3. The van der Waals surface area contributed by atoms with Crippen molar-refractivity contribution in [3.8, 4) is 0 Å². The van der Waals surface area contributed by atoms with Gasteiger partial charge in [0, 0.05) is 20.0 Å². The maximum Gasteiger partial charge on any atom is 0.178 e. The van der Waals surface area contributed by atoms with Crippen LogP contribution in [0.2, 0.25) is 5.02 Å². The van der Waals surface area contributed by atoms with E-state index >= 15 is 0 Å². The van der Waals surface area contributed by atoms with Crippen LogP contribution in [-0.2, 0) is 20.0 Å². The molecule has 7 heteroatoms. The average molecular weight is 294 g/mol. The Morgan fingerprint density at radius 3 is 3.00 bits per heavy atom. The molecule has 98 valence electrons. The highest BCUT2D eigenvalue weighted by Crippen LogP contribution is 2.22. The van der Waals surface area contributed by atoms with Crippen LogP contribution in [0.3, 0.4) is 0 Å². The van der Waals surface area contributed by atoms with E-state index in [9.17, 15) is 0 Å². The SMILES string of the molecule is Cn1cnc(CCn2c(=S)[nH]c3c(Cl)cccc32)n1. The van der Waals surface area contributed by atoms with E-state index in [2.05, 4.69) is 15.1 Å². The van der Waals surface area contributed by atoms with E-state index in [1.54, 1.807) is 11.0 Å². The van der Waals surface area contributed by atoms with Gasteiger partial charge in [0.2, 0.25) is 0 Å². The molecule has 1 aromatic carbocycles. The largest absolute Gasteiger partial charge is 0.329 e.